The van der Waals surface area contributed by atoms with E-state index in [4.69, 9.17) is 16.3 Å². The molecule has 0 aliphatic heterocycles. The second-order valence-electron chi connectivity index (χ2n) is 5.24. The molecule has 0 spiro atoms. The second kappa shape index (κ2) is 9.22. The van der Waals surface area contributed by atoms with E-state index in [2.05, 4.69) is 49.2 Å². The van der Waals surface area contributed by atoms with Crippen molar-refractivity contribution < 1.29 is 4.74 Å². The van der Waals surface area contributed by atoms with Crippen LogP contribution >= 0.6 is 11.6 Å². The Kier molecular flexibility index (Phi) is 7.97. The van der Waals surface area contributed by atoms with Gasteiger partial charge in [0.25, 0.3) is 0 Å². The number of anilines is 1. The first kappa shape index (κ1) is 17.3. The predicted octanol–water partition coefficient (Wildman–Crippen LogP) is 3.70. The van der Waals surface area contributed by atoms with Crippen LogP contribution in [-0.2, 0) is 11.3 Å². The number of nitrogens with zero attached hydrogens (tertiary/aromatic N) is 1. The van der Waals surface area contributed by atoms with Gasteiger partial charge in [0.1, 0.15) is 0 Å². The van der Waals surface area contributed by atoms with E-state index in [9.17, 15) is 0 Å². The Morgan fingerprint density at radius 1 is 1.35 bits per heavy atom. The molecule has 4 heteroatoms. The summed E-state index contributed by atoms with van der Waals surface area (Å²) in [6.45, 7) is 9.96. The lowest BCUT2D eigenvalue weighted by Crippen LogP contribution is -2.34. The lowest BCUT2D eigenvalue weighted by Gasteiger charge is -2.29. The first-order valence-electron chi connectivity index (χ1n) is 7.34. The molecule has 0 heterocycles. The summed E-state index contributed by atoms with van der Waals surface area (Å²) in [5, 5.41) is 4.20. The maximum absolute atomic E-state index is 6.45. The van der Waals surface area contributed by atoms with E-state index in [-0.39, 0.29) is 0 Å². The fourth-order valence-corrected chi connectivity index (χ4v) is 2.46. The molecule has 0 saturated heterocycles. The second-order valence-corrected chi connectivity index (χ2v) is 5.65. The Hall–Kier alpha value is -0.770. The third-order valence-corrected chi connectivity index (χ3v) is 3.54. The number of halogens is 1. The Labute approximate surface area is 128 Å². The highest BCUT2D eigenvalue weighted by Crippen LogP contribution is 2.28. The van der Waals surface area contributed by atoms with Gasteiger partial charge in [0, 0.05) is 26.2 Å². The van der Waals surface area contributed by atoms with Crippen LogP contribution in [0, 0.1) is 0 Å². The number of methoxy groups -OCH3 is 1. The minimum Gasteiger partial charge on any atom is -0.383 e. The Balaban J connectivity index is 2.78. The van der Waals surface area contributed by atoms with Crippen LogP contribution in [0.5, 0.6) is 0 Å². The minimum atomic E-state index is 0.395. The molecule has 1 N–H and O–H groups in total. The maximum Gasteiger partial charge on any atom is 0.0642 e. The molecule has 0 bridgehead atoms. The van der Waals surface area contributed by atoms with Crippen molar-refractivity contribution >= 4 is 17.3 Å². The van der Waals surface area contributed by atoms with E-state index in [1.807, 2.05) is 0 Å². The normalized spacial score (nSPS) is 11.1. The molecule has 0 radical (unpaired) electrons. The van der Waals surface area contributed by atoms with Gasteiger partial charge in [-0.25, -0.2) is 0 Å². The van der Waals surface area contributed by atoms with E-state index >= 15 is 0 Å². The summed E-state index contributed by atoms with van der Waals surface area (Å²) in [6.07, 6.45) is 1.14. The zero-order valence-corrected chi connectivity index (χ0v) is 13.8. The molecule has 1 aromatic carbocycles. The molecule has 0 fully saturated rings. The Morgan fingerprint density at radius 3 is 2.65 bits per heavy atom. The zero-order chi connectivity index (χ0) is 15.0. The topological polar surface area (TPSA) is 24.5 Å². The predicted molar refractivity (Wildman–Crippen MR) is 87.8 cm³/mol. The lowest BCUT2D eigenvalue weighted by atomic mass is 10.1. The molecule has 0 amide bonds. The van der Waals surface area contributed by atoms with Crippen molar-refractivity contribution in [1.82, 2.24) is 5.32 Å². The van der Waals surface area contributed by atoms with Crippen molar-refractivity contribution in [3.05, 3.63) is 28.8 Å². The van der Waals surface area contributed by atoms with Crippen LogP contribution in [0.3, 0.4) is 0 Å². The third-order valence-electron chi connectivity index (χ3n) is 3.24. The maximum atomic E-state index is 6.45. The molecule has 3 nitrogen and oxygen atoms in total. The molecule has 0 aliphatic carbocycles. The van der Waals surface area contributed by atoms with Crippen molar-refractivity contribution in [3.63, 3.8) is 0 Å². The van der Waals surface area contributed by atoms with Crippen molar-refractivity contribution in [2.75, 3.05) is 31.7 Å². The van der Waals surface area contributed by atoms with E-state index in [0.29, 0.717) is 12.6 Å². The summed E-state index contributed by atoms with van der Waals surface area (Å²) in [5.74, 6) is 0. The van der Waals surface area contributed by atoms with Crippen LogP contribution in [0.4, 0.5) is 5.69 Å². The van der Waals surface area contributed by atoms with Gasteiger partial charge in [0.2, 0.25) is 0 Å². The number of hydrogen-bond donors (Lipinski definition) is 1. The number of ether oxygens (including phenoxy) is 1. The number of hydrogen-bond acceptors (Lipinski definition) is 3. The fourth-order valence-electron chi connectivity index (χ4n) is 2.15. The standard InChI is InChI=1S/C16H27ClN2O/c1-5-8-18-12-14-6-7-16(15(17)11-14)19(13(2)3)9-10-20-4/h6-7,11,13,18H,5,8-10,12H2,1-4H3. The first-order valence-corrected chi connectivity index (χ1v) is 7.72. The molecular weight excluding hydrogens is 272 g/mol. The monoisotopic (exact) mass is 298 g/mol. The molecule has 0 aliphatic rings. The zero-order valence-electron chi connectivity index (χ0n) is 13.1. The van der Waals surface area contributed by atoms with Gasteiger partial charge >= 0.3 is 0 Å². The van der Waals surface area contributed by atoms with Crippen LogP contribution in [-0.4, -0.2) is 32.8 Å². The number of benzene rings is 1. The van der Waals surface area contributed by atoms with E-state index in [1.54, 1.807) is 7.11 Å². The Morgan fingerprint density at radius 2 is 2.10 bits per heavy atom. The summed E-state index contributed by atoms with van der Waals surface area (Å²) in [5.41, 5.74) is 2.31. The minimum absolute atomic E-state index is 0.395. The van der Waals surface area contributed by atoms with Crippen molar-refractivity contribution in [3.8, 4) is 0 Å². The highest BCUT2D eigenvalue weighted by atomic mass is 35.5. The first-order chi connectivity index (χ1) is 9.60. The van der Waals surface area contributed by atoms with Gasteiger partial charge in [0.15, 0.2) is 0 Å². The van der Waals surface area contributed by atoms with Gasteiger partial charge in [0.05, 0.1) is 17.3 Å². The Bertz CT molecular complexity index is 396. The van der Waals surface area contributed by atoms with E-state index in [1.165, 1.54) is 5.56 Å². The molecule has 20 heavy (non-hydrogen) atoms. The molecule has 1 aromatic rings. The van der Waals surface area contributed by atoms with Crippen LogP contribution in [0.1, 0.15) is 32.8 Å². The summed E-state index contributed by atoms with van der Waals surface area (Å²) >= 11 is 6.45. The van der Waals surface area contributed by atoms with Crippen LogP contribution in [0.2, 0.25) is 5.02 Å². The largest absolute Gasteiger partial charge is 0.383 e. The summed E-state index contributed by atoms with van der Waals surface area (Å²) in [6, 6.07) is 6.71. The van der Waals surface area contributed by atoms with Crippen LogP contribution in [0.15, 0.2) is 18.2 Å². The van der Waals surface area contributed by atoms with Gasteiger partial charge in [-0.3, -0.25) is 0 Å². The summed E-state index contributed by atoms with van der Waals surface area (Å²) in [4.78, 5) is 2.27. The SMILES string of the molecule is CCCNCc1ccc(N(CCOC)C(C)C)c(Cl)c1. The fraction of sp³-hybridized carbons (Fsp3) is 0.625. The quantitative estimate of drug-likeness (QED) is 0.704. The smallest absolute Gasteiger partial charge is 0.0642 e. The van der Waals surface area contributed by atoms with Gasteiger partial charge in [-0.1, -0.05) is 24.6 Å². The van der Waals surface area contributed by atoms with Gasteiger partial charge in [-0.2, -0.15) is 0 Å². The molecule has 0 aromatic heterocycles. The average molecular weight is 299 g/mol. The van der Waals surface area contributed by atoms with E-state index in [0.717, 1.165) is 36.8 Å². The molecule has 0 unspecified atom stereocenters. The van der Waals surface area contributed by atoms with Crippen molar-refractivity contribution in [1.29, 1.82) is 0 Å². The molecular formula is C16H27ClN2O. The van der Waals surface area contributed by atoms with Crippen molar-refractivity contribution in [2.24, 2.45) is 0 Å². The molecule has 0 saturated carbocycles. The third kappa shape index (κ3) is 5.31. The number of nitrogens with one attached hydrogen (secondary N) is 1. The van der Waals surface area contributed by atoms with Crippen molar-refractivity contribution in [2.45, 2.75) is 39.8 Å². The van der Waals surface area contributed by atoms with E-state index < -0.39 is 0 Å². The molecule has 0 atom stereocenters. The molecule has 1 rings (SSSR count). The average Bonchev–Trinajstić information content (AvgIpc) is 2.41. The molecule has 114 valence electrons. The summed E-state index contributed by atoms with van der Waals surface area (Å²) < 4.78 is 5.18. The summed E-state index contributed by atoms with van der Waals surface area (Å²) in [7, 11) is 1.72. The highest BCUT2D eigenvalue weighted by molar-refractivity contribution is 6.33. The van der Waals surface area contributed by atoms with Gasteiger partial charge in [-0.05, 0) is 44.5 Å². The van der Waals surface area contributed by atoms with Gasteiger partial charge in [-0.15, -0.1) is 0 Å². The highest BCUT2D eigenvalue weighted by Gasteiger charge is 2.13. The van der Waals surface area contributed by atoms with Gasteiger partial charge < -0.3 is 15.0 Å². The lowest BCUT2D eigenvalue weighted by molar-refractivity contribution is 0.204. The van der Waals surface area contributed by atoms with Crippen LogP contribution < -0.4 is 10.2 Å². The number of rotatable bonds is 9. The van der Waals surface area contributed by atoms with Crippen LogP contribution in [0.25, 0.3) is 0 Å².